The molecule has 0 fully saturated rings. The summed E-state index contributed by atoms with van der Waals surface area (Å²) in [5.41, 5.74) is 0. The molecule has 1 aromatic rings. The first-order valence-electron chi connectivity index (χ1n) is 4.61. The van der Waals surface area contributed by atoms with Crippen LogP contribution in [0.2, 0.25) is 0 Å². The fraction of sp³-hybridized carbons (Fsp3) is 0.750. The summed E-state index contributed by atoms with van der Waals surface area (Å²) in [6.07, 6.45) is -4.15. The summed E-state index contributed by atoms with van der Waals surface area (Å²) in [5.74, 6) is 0. The third-order valence-corrected chi connectivity index (χ3v) is 3.59. The standard InChI is InChI=1S/C8H12F3N3S2/c1-5(3-12-4-8(9,10)11)15-7-14-13-6(2)16-7/h5,12H,3-4H2,1-2H3. The summed E-state index contributed by atoms with van der Waals surface area (Å²) in [6.45, 7) is 3.04. The number of nitrogens with zero attached hydrogens (tertiary/aromatic N) is 2. The van der Waals surface area contributed by atoms with E-state index in [0.717, 1.165) is 9.35 Å². The Morgan fingerprint density at radius 3 is 2.62 bits per heavy atom. The highest BCUT2D eigenvalue weighted by Gasteiger charge is 2.26. The van der Waals surface area contributed by atoms with Crippen LogP contribution in [0.5, 0.6) is 0 Å². The van der Waals surface area contributed by atoms with E-state index in [2.05, 4.69) is 15.5 Å². The van der Waals surface area contributed by atoms with Gasteiger partial charge in [-0.2, -0.15) is 13.2 Å². The molecule has 0 aliphatic heterocycles. The Labute approximate surface area is 99.8 Å². The Hall–Kier alpha value is -0.340. The van der Waals surface area contributed by atoms with Gasteiger partial charge in [0.1, 0.15) is 5.01 Å². The van der Waals surface area contributed by atoms with Crippen molar-refractivity contribution >= 4 is 23.1 Å². The van der Waals surface area contributed by atoms with E-state index >= 15 is 0 Å². The first kappa shape index (κ1) is 13.7. The Balaban J connectivity index is 2.23. The third kappa shape index (κ3) is 5.66. The minimum atomic E-state index is -4.15. The summed E-state index contributed by atoms with van der Waals surface area (Å²) in [7, 11) is 0. The van der Waals surface area contributed by atoms with E-state index in [9.17, 15) is 13.2 Å². The number of aryl methyl sites for hydroxylation is 1. The summed E-state index contributed by atoms with van der Waals surface area (Å²) >= 11 is 2.88. The molecular weight excluding hydrogens is 259 g/mol. The van der Waals surface area contributed by atoms with E-state index in [1.54, 1.807) is 0 Å². The average Bonchev–Trinajstić information content (AvgIpc) is 2.48. The quantitative estimate of drug-likeness (QED) is 0.835. The molecule has 1 aromatic heterocycles. The van der Waals surface area contributed by atoms with Gasteiger partial charge in [-0.1, -0.05) is 30.0 Å². The Morgan fingerprint density at radius 1 is 1.44 bits per heavy atom. The van der Waals surface area contributed by atoms with Crippen LogP contribution in [0.3, 0.4) is 0 Å². The molecule has 3 nitrogen and oxygen atoms in total. The zero-order valence-electron chi connectivity index (χ0n) is 8.84. The van der Waals surface area contributed by atoms with E-state index in [1.807, 2.05) is 13.8 Å². The second-order valence-electron chi connectivity index (χ2n) is 3.26. The fourth-order valence-electron chi connectivity index (χ4n) is 0.957. The maximum Gasteiger partial charge on any atom is 0.401 e. The van der Waals surface area contributed by atoms with Crippen molar-refractivity contribution in [3.63, 3.8) is 0 Å². The number of hydrogen-bond acceptors (Lipinski definition) is 5. The lowest BCUT2D eigenvalue weighted by Crippen LogP contribution is -2.32. The van der Waals surface area contributed by atoms with Crippen LogP contribution in [0.1, 0.15) is 11.9 Å². The molecule has 16 heavy (non-hydrogen) atoms. The molecule has 0 saturated heterocycles. The van der Waals surface area contributed by atoms with Crippen molar-refractivity contribution in [3.05, 3.63) is 5.01 Å². The molecule has 0 aliphatic carbocycles. The monoisotopic (exact) mass is 271 g/mol. The lowest BCUT2D eigenvalue weighted by Gasteiger charge is -2.11. The van der Waals surface area contributed by atoms with Gasteiger partial charge in [0.25, 0.3) is 0 Å². The molecule has 0 amide bonds. The molecule has 0 spiro atoms. The topological polar surface area (TPSA) is 37.8 Å². The van der Waals surface area contributed by atoms with Gasteiger partial charge in [0.05, 0.1) is 6.54 Å². The molecule has 0 radical (unpaired) electrons. The van der Waals surface area contributed by atoms with Gasteiger partial charge < -0.3 is 5.32 Å². The summed E-state index contributed by atoms with van der Waals surface area (Å²) < 4.78 is 36.3. The van der Waals surface area contributed by atoms with E-state index in [-0.39, 0.29) is 5.25 Å². The van der Waals surface area contributed by atoms with Crippen molar-refractivity contribution in [2.24, 2.45) is 0 Å². The van der Waals surface area contributed by atoms with Crippen LogP contribution in [0.4, 0.5) is 13.2 Å². The lowest BCUT2D eigenvalue weighted by molar-refractivity contribution is -0.124. The normalized spacial score (nSPS) is 14.1. The van der Waals surface area contributed by atoms with Crippen molar-refractivity contribution in [2.45, 2.75) is 29.6 Å². The van der Waals surface area contributed by atoms with Crippen LogP contribution in [0, 0.1) is 6.92 Å². The predicted molar refractivity (Wildman–Crippen MR) is 58.9 cm³/mol. The molecule has 0 aliphatic rings. The van der Waals surface area contributed by atoms with Gasteiger partial charge in [0.15, 0.2) is 4.34 Å². The molecule has 92 valence electrons. The molecule has 0 bridgehead atoms. The number of hydrogen-bond donors (Lipinski definition) is 1. The summed E-state index contributed by atoms with van der Waals surface area (Å²) in [5, 5.41) is 11.0. The van der Waals surface area contributed by atoms with Gasteiger partial charge in [0.2, 0.25) is 0 Å². The lowest BCUT2D eigenvalue weighted by atomic mass is 10.4. The third-order valence-electron chi connectivity index (χ3n) is 1.57. The van der Waals surface area contributed by atoms with E-state index in [4.69, 9.17) is 0 Å². The van der Waals surface area contributed by atoms with Gasteiger partial charge in [-0.15, -0.1) is 10.2 Å². The molecule has 1 N–H and O–H groups in total. The highest BCUT2D eigenvalue weighted by molar-refractivity contribution is 8.01. The van der Waals surface area contributed by atoms with Crippen LogP contribution in [-0.2, 0) is 0 Å². The first-order chi connectivity index (χ1) is 7.37. The van der Waals surface area contributed by atoms with Crippen LogP contribution in [0.15, 0.2) is 4.34 Å². The number of thioether (sulfide) groups is 1. The van der Waals surface area contributed by atoms with Crippen LogP contribution in [0.25, 0.3) is 0 Å². The predicted octanol–water partition coefficient (Wildman–Crippen LogP) is 2.48. The van der Waals surface area contributed by atoms with Crippen LogP contribution in [-0.4, -0.2) is 34.7 Å². The molecule has 1 rings (SSSR count). The number of nitrogens with one attached hydrogen (secondary N) is 1. The van der Waals surface area contributed by atoms with E-state index < -0.39 is 12.7 Å². The van der Waals surface area contributed by atoms with E-state index in [0.29, 0.717) is 6.54 Å². The van der Waals surface area contributed by atoms with Crippen LogP contribution < -0.4 is 5.32 Å². The van der Waals surface area contributed by atoms with Gasteiger partial charge in [-0.3, -0.25) is 0 Å². The Kier molecular flexibility index (Phi) is 5.00. The zero-order valence-corrected chi connectivity index (χ0v) is 10.5. The first-order valence-corrected chi connectivity index (χ1v) is 6.30. The molecule has 0 aromatic carbocycles. The summed E-state index contributed by atoms with van der Waals surface area (Å²) in [6, 6.07) is 0. The average molecular weight is 271 g/mol. The zero-order chi connectivity index (χ0) is 12.2. The second-order valence-corrected chi connectivity index (χ2v) is 6.13. The van der Waals surface area contributed by atoms with E-state index in [1.165, 1.54) is 23.1 Å². The van der Waals surface area contributed by atoms with Crippen molar-refractivity contribution in [1.82, 2.24) is 15.5 Å². The number of alkyl halides is 3. The Morgan fingerprint density at radius 2 is 2.12 bits per heavy atom. The molecule has 1 atom stereocenters. The SMILES string of the molecule is Cc1nnc(SC(C)CNCC(F)(F)F)s1. The highest BCUT2D eigenvalue weighted by Crippen LogP contribution is 2.25. The number of halogens is 3. The summed E-state index contributed by atoms with van der Waals surface area (Å²) in [4.78, 5) is 0. The van der Waals surface area contributed by atoms with Crippen LogP contribution >= 0.6 is 23.1 Å². The highest BCUT2D eigenvalue weighted by atomic mass is 32.2. The van der Waals surface area contributed by atoms with Crippen molar-refractivity contribution in [2.75, 3.05) is 13.1 Å². The molecule has 0 saturated carbocycles. The van der Waals surface area contributed by atoms with Crippen molar-refractivity contribution in [1.29, 1.82) is 0 Å². The fourth-order valence-corrected chi connectivity index (χ4v) is 3.05. The second kappa shape index (κ2) is 5.83. The van der Waals surface area contributed by atoms with Gasteiger partial charge in [-0.25, -0.2) is 0 Å². The largest absolute Gasteiger partial charge is 0.401 e. The minimum absolute atomic E-state index is 0.0368. The maximum absolute atomic E-state index is 11.8. The molecule has 1 unspecified atom stereocenters. The Bertz CT molecular complexity index is 327. The van der Waals surface area contributed by atoms with Crippen molar-refractivity contribution in [3.8, 4) is 0 Å². The molecular formula is C8H12F3N3S2. The molecule has 1 heterocycles. The van der Waals surface area contributed by atoms with Gasteiger partial charge in [-0.05, 0) is 6.92 Å². The smallest absolute Gasteiger partial charge is 0.308 e. The van der Waals surface area contributed by atoms with Gasteiger partial charge >= 0.3 is 6.18 Å². The molecule has 8 heteroatoms. The van der Waals surface area contributed by atoms with Crippen molar-refractivity contribution < 1.29 is 13.2 Å². The maximum atomic E-state index is 11.8. The number of aromatic nitrogens is 2. The number of rotatable bonds is 5. The van der Waals surface area contributed by atoms with Gasteiger partial charge in [0, 0.05) is 11.8 Å². The minimum Gasteiger partial charge on any atom is -0.308 e.